The summed E-state index contributed by atoms with van der Waals surface area (Å²) in [5.41, 5.74) is 2.14. The second-order valence-electron chi connectivity index (χ2n) is 4.59. The Morgan fingerprint density at radius 1 is 1.10 bits per heavy atom. The molecule has 0 fully saturated rings. The molecule has 0 aliphatic rings. The van der Waals surface area contributed by atoms with Crippen LogP contribution in [0.3, 0.4) is 0 Å². The first kappa shape index (κ1) is 15.7. The normalized spacial score (nSPS) is 10.3. The maximum absolute atomic E-state index is 12.1. The number of aryl methyl sites for hydroxylation is 2. The molecule has 0 N–H and O–H groups in total. The molecule has 0 aliphatic carbocycles. The van der Waals surface area contributed by atoms with Gasteiger partial charge in [-0.2, -0.15) is 0 Å². The van der Waals surface area contributed by atoms with Crippen molar-refractivity contribution in [3.05, 3.63) is 68.1 Å². The first-order valence-electron chi connectivity index (χ1n) is 6.18. The van der Waals surface area contributed by atoms with Gasteiger partial charge in [-0.3, -0.25) is 0 Å². The van der Waals surface area contributed by atoms with Crippen LogP contribution in [-0.2, 0) is 4.74 Å². The van der Waals surface area contributed by atoms with Crippen LogP contribution in [0.4, 0.5) is 0 Å². The molecule has 21 heavy (non-hydrogen) atoms. The topological polar surface area (TPSA) is 43.4 Å². The maximum Gasteiger partial charge on any atom is 0.347 e. The number of benzene rings is 2. The fourth-order valence-electron chi connectivity index (χ4n) is 1.87. The van der Waals surface area contributed by atoms with E-state index in [1.54, 1.807) is 43.3 Å². The molecule has 0 spiro atoms. The van der Waals surface area contributed by atoms with E-state index < -0.39 is 11.9 Å². The first-order chi connectivity index (χ1) is 9.90. The van der Waals surface area contributed by atoms with Gasteiger partial charge in [-0.1, -0.05) is 29.8 Å². The summed E-state index contributed by atoms with van der Waals surface area (Å²) < 4.78 is 5.49. The van der Waals surface area contributed by atoms with E-state index in [1.165, 1.54) is 0 Å². The quantitative estimate of drug-likeness (QED) is 0.570. The molecule has 0 aliphatic heterocycles. The van der Waals surface area contributed by atoms with Crippen LogP contribution in [0.1, 0.15) is 31.8 Å². The Balaban J connectivity index is 2.25. The van der Waals surface area contributed by atoms with Crippen LogP contribution in [0.15, 0.2) is 40.9 Å². The Labute approximate surface area is 136 Å². The number of carbonyl (C=O) groups is 2. The van der Waals surface area contributed by atoms with Crippen LogP contribution in [0.5, 0.6) is 0 Å². The van der Waals surface area contributed by atoms with Gasteiger partial charge in [0.1, 0.15) is 0 Å². The second-order valence-corrected chi connectivity index (χ2v) is 5.85. The highest BCUT2D eigenvalue weighted by Gasteiger charge is 2.20. The molecule has 2 aromatic carbocycles. The standard InChI is InChI=1S/C16H12BrClO3/c1-9-6-7-11(13(18)8-9)15(19)21-16(20)14-10(2)4-3-5-12(14)17/h3-8H,1-2H3. The summed E-state index contributed by atoms with van der Waals surface area (Å²) in [5, 5.41) is 0.261. The highest BCUT2D eigenvalue weighted by Crippen LogP contribution is 2.23. The molecule has 0 radical (unpaired) electrons. The van der Waals surface area contributed by atoms with Crippen LogP contribution in [0, 0.1) is 13.8 Å². The Morgan fingerprint density at radius 3 is 2.43 bits per heavy atom. The molecular formula is C16H12BrClO3. The van der Waals surface area contributed by atoms with E-state index in [0.29, 0.717) is 10.0 Å². The van der Waals surface area contributed by atoms with Gasteiger partial charge in [-0.05, 0) is 59.1 Å². The molecule has 0 heterocycles. The highest BCUT2D eigenvalue weighted by molar-refractivity contribution is 9.10. The molecule has 0 bridgehead atoms. The Morgan fingerprint density at radius 2 is 1.81 bits per heavy atom. The van der Waals surface area contributed by atoms with Gasteiger partial charge < -0.3 is 4.74 Å². The first-order valence-corrected chi connectivity index (χ1v) is 7.35. The lowest BCUT2D eigenvalue weighted by Gasteiger charge is -2.08. The largest absolute Gasteiger partial charge is 0.386 e. The number of hydrogen-bond acceptors (Lipinski definition) is 3. The molecule has 0 unspecified atom stereocenters. The minimum Gasteiger partial charge on any atom is -0.386 e. The van der Waals surface area contributed by atoms with Gasteiger partial charge in [0.15, 0.2) is 0 Å². The van der Waals surface area contributed by atoms with Crippen LogP contribution >= 0.6 is 27.5 Å². The molecule has 0 aromatic heterocycles. The van der Waals surface area contributed by atoms with E-state index in [0.717, 1.165) is 11.1 Å². The van der Waals surface area contributed by atoms with Gasteiger partial charge in [-0.15, -0.1) is 0 Å². The number of carbonyl (C=O) groups excluding carboxylic acids is 2. The van der Waals surface area contributed by atoms with E-state index in [2.05, 4.69) is 15.9 Å². The van der Waals surface area contributed by atoms with Crippen molar-refractivity contribution in [1.82, 2.24) is 0 Å². The Hall–Kier alpha value is -1.65. The fourth-order valence-corrected chi connectivity index (χ4v) is 2.81. The van der Waals surface area contributed by atoms with Gasteiger partial charge in [0.05, 0.1) is 16.1 Å². The monoisotopic (exact) mass is 366 g/mol. The Kier molecular flexibility index (Phi) is 4.80. The predicted octanol–water partition coefficient (Wildman–Crippen LogP) is 4.72. The average molecular weight is 368 g/mol. The SMILES string of the molecule is Cc1ccc(C(=O)OC(=O)c2c(C)cccc2Br)c(Cl)c1. The lowest BCUT2D eigenvalue weighted by molar-refractivity contribution is 0.0397. The summed E-state index contributed by atoms with van der Waals surface area (Å²) >= 11 is 9.27. The zero-order chi connectivity index (χ0) is 15.6. The van der Waals surface area contributed by atoms with E-state index >= 15 is 0 Å². The number of hydrogen-bond donors (Lipinski definition) is 0. The fraction of sp³-hybridized carbons (Fsp3) is 0.125. The molecule has 0 atom stereocenters. The van der Waals surface area contributed by atoms with Crippen molar-refractivity contribution in [2.75, 3.05) is 0 Å². The second kappa shape index (κ2) is 6.41. The zero-order valence-corrected chi connectivity index (χ0v) is 13.8. The van der Waals surface area contributed by atoms with Crippen molar-refractivity contribution in [1.29, 1.82) is 0 Å². The van der Waals surface area contributed by atoms with E-state index in [9.17, 15) is 9.59 Å². The van der Waals surface area contributed by atoms with Crippen LogP contribution < -0.4 is 0 Å². The lowest BCUT2D eigenvalue weighted by Crippen LogP contribution is -2.15. The molecule has 5 heteroatoms. The van der Waals surface area contributed by atoms with Crippen molar-refractivity contribution in [3.63, 3.8) is 0 Å². The summed E-state index contributed by atoms with van der Waals surface area (Å²) in [4.78, 5) is 24.2. The molecule has 108 valence electrons. The molecule has 0 saturated carbocycles. The third kappa shape index (κ3) is 3.52. The van der Waals surface area contributed by atoms with Gasteiger partial charge >= 0.3 is 11.9 Å². The molecular weight excluding hydrogens is 356 g/mol. The number of esters is 2. The van der Waals surface area contributed by atoms with Gasteiger partial charge in [-0.25, -0.2) is 9.59 Å². The molecule has 2 rings (SSSR count). The lowest BCUT2D eigenvalue weighted by atomic mass is 10.1. The highest BCUT2D eigenvalue weighted by atomic mass is 79.9. The summed E-state index contributed by atoms with van der Waals surface area (Å²) in [5.74, 6) is -1.47. The van der Waals surface area contributed by atoms with Gasteiger partial charge in [0, 0.05) is 4.47 Å². The van der Waals surface area contributed by atoms with Crippen molar-refractivity contribution in [2.24, 2.45) is 0 Å². The minimum atomic E-state index is -0.764. The summed E-state index contributed by atoms with van der Waals surface area (Å²) in [6.45, 7) is 3.63. The van der Waals surface area contributed by atoms with Gasteiger partial charge in [0.2, 0.25) is 0 Å². The van der Waals surface area contributed by atoms with Crippen molar-refractivity contribution in [2.45, 2.75) is 13.8 Å². The van der Waals surface area contributed by atoms with E-state index in [4.69, 9.17) is 16.3 Å². The van der Waals surface area contributed by atoms with E-state index in [1.807, 2.05) is 6.92 Å². The van der Waals surface area contributed by atoms with E-state index in [-0.39, 0.29) is 10.6 Å². The smallest absolute Gasteiger partial charge is 0.347 e. The van der Waals surface area contributed by atoms with Gasteiger partial charge in [0.25, 0.3) is 0 Å². The van der Waals surface area contributed by atoms with Crippen molar-refractivity contribution < 1.29 is 14.3 Å². The number of rotatable bonds is 2. The maximum atomic E-state index is 12.1. The summed E-state index contributed by atoms with van der Waals surface area (Å²) in [6, 6.07) is 10.2. The molecule has 2 aromatic rings. The van der Waals surface area contributed by atoms with Crippen LogP contribution in [-0.4, -0.2) is 11.9 Å². The third-order valence-electron chi connectivity index (χ3n) is 2.96. The Bertz CT molecular complexity index is 705. The molecule has 0 saturated heterocycles. The minimum absolute atomic E-state index is 0.167. The number of halogens is 2. The molecule has 0 amide bonds. The predicted molar refractivity (Wildman–Crippen MR) is 84.8 cm³/mol. The summed E-state index contributed by atoms with van der Waals surface area (Å²) in [7, 11) is 0. The average Bonchev–Trinajstić information content (AvgIpc) is 2.37. The van der Waals surface area contributed by atoms with Crippen molar-refractivity contribution in [3.8, 4) is 0 Å². The third-order valence-corrected chi connectivity index (χ3v) is 3.93. The van der Waals surface area contributed by atoms with Crippen LogP contribution in [0.25, 0.3) is 0 Å². The summed E-state index contributed by atoms with van der Waals surface area (Å²) in [6.07, 6.45) is 0. The van der Waals surface area contributed by atoms with Crippen molar-refractivity contribution >= 4 is 39.5 Å². The van der Waals surface area contributed by atoms with Crippen LogP contribution in [0.2, 0.25) is 5.02 Å². The molecule has 3 nitrogen and oxygen atoms in total. The number of ether oxygens (including phenoxy) is 1. The zero-order valence-electron chi connectivity index (χ0n) is 11.4.